The van der Waals surface area contributed by atoms with Crippen LogP contribution in [0.5, 0.6) is 11.6 Å². The van der Waals surface area contributed by atoms with E-state index in [1.165, 1.54) is 6.07 Å². The third-order valence-corrected chi connectivity index (χ3v) is 4.50. The topological polar surface area (TPSA) is 87.0 Å². The van der Waals surface area contributed by atoms with E-state index >= 15 is 0 Å². The third kappa shape index (κ3) is 4.07. The molecule has 1 heterocycles. The number of H-pyrrole nitrogens is 1. The number of amides is 1. The highest BCUT2D eigenvalue weighted by Crippen LogP contribution is 2.40. The lowest BCUT2D eigenvalue weighted by Gasteiger charge is -2.11. The van der Waals surface area contributed by atoms with Gasteiger partial charge in [-0.2, -0.15) is 0 Å². The summed E-state index contributed by atoms with van der Waals surface area (Å²) in [7, 11) is 0. The molecule has 2 aromatic carbocycles. The summed E-state index contributed by atoms with van der Waals surface area (Å²) in [5, 5.41) is 18.7. The molecule has 0 bridgehead atoms. The first-order chi connectivity index (χ1) is 12.8. The molecule has 0 aliphatic heterocycles. The summed E-state index contributed by atoms with van der Waals surface area (Å²) in [5.74, 6) is -0.189. The van der Waals surface area contributed by atoms with Crippen LogP contribution in [0.15, 0.2) is 34.5 Å². The quantitative estimate of drug-likeness (QED) is 0.537. The minimum atomic E-state index is -0.587. The van der Waals surface area contributed by atoms with Gasteiger partial charge < -0.3 is 14.8 Å². The van der Waals surface area contributed by atoms with Crippen LogP contribution in [-0.2, 0) is 4.79 Å². The Labute approximate surface area is 165 Å². The SMILES string of the molecule is Cc1cc(C)c(OCC(=O)N=Nc2c(O)[nH]c3c(Cl)cc(Cl)cc23)c(C)c1. The van der Waals surface area contributed by atoms with Gasteiger partial charge >= 0.3 is 5.91 Å². The van der Waals surface area contributed by atoms with Crippen molar-refractivity contribution < 1.29 is 14.6 Å². The van der Waals surface area contributed by atoms with Crippen molar-refractivity contribution in [3.05, 3.63) is 51.0 Å². The molecular weight excluding hydrogens is 389 g/mol. The number of ether oxygens (including phenoxy) is 1. The number of aromatic hydroxyl groups is 1. The minimum absolute atomic E-state index is 0.0884. The van der Waals surface area contributed by atoms with E-state index in [0.717, 1.165) is 16.7 Å². The van der Waals surface area contributed by atoms with Crippen LogP contribution in [0.25, 0.3) is 10.9 Å². The van der Waals surface area contributed by atoms with E-state index in [9.17, 15) is 9.90 Å². The molecule has 27 heavy (non-hydrogen) atoms. The lowest BCUT2D eigenvalue weighted by atomic mass is 10.1. The molecule has 3 aromatic rings. The summed E-state index contributed by atoms with van der Waals surface area (Å²) in [6.45, 7) is 5.56. The molecule has 0 unspecified atom stereocenters. The summed E-state index contributed by atoms with van der Waals surface area (Å²) < 4.78 is 5.59. The Morgan fingerprint density at radius 1 is 1.15 bits per heavy atom. The Balaban J connectivity index is 1.78. The van der Waals surface area contributed by atoms with Crippen LogP contribution in [-0.4, -0.2) is 22.6 Å². The van der Waals surface area contributed by atoms with Crippen molar-refractivity contribution in [2.45, 2.75) is 20.8 Å². The van der Waals surface area contributed by atoms with Crippen molar-refractivity contribution in [3.63, 3.8) is 0 Å². The van der Waals surface area contributed by atoms with E-state index < -0.39 is 5.91 Å². The van der Waals surface area contributed by atoms with E-state index in [4.69, 9.17) is 27.9 Å². The fourth-order valence-corrected chi connectivity index (χ4v) is 3.50. The predicted octanol–water partition coefficient (Wildman–Crippen LogP) is 5.79. The third-order valence-electron chi connectivity index (χ3n) is 3.98. The zero-order valence-corrected chi connectivity index (χ0v) is 16.4. The minimum Gasteiger partial charge on any atom is -0.493 e. The van der Waals surface area contributed by atoms with Gasteiger partial charge in [0.15, 0.2) is 12.3 Å². The van der Waals surface area contributed by atoms with Crippen LogP contribution in [0.4, 0.5) is 5.69 Å². The number of halogens is 2. The molecule has 0 saturated heterocycles. The summed E-state index contributed by atoms with van der Waals surface area (Å²) in [5.41, 5.74) is 3.55. The molecule has 0 atom stereocenters. The van der Waals surface area contributed by atoms with Gasteiger partial charge in [0.05, 0.1) is 10.5 Å². The number of hydrogen-bond donors (Lipinski definition) is 2. The number of rotatable bonds is 4. The number of fused-ring (bicyclic) bond motifs is 1. The molecule has 0 saturated carbocycles. The van der Waals surface area contributed by atoms with Gasteiger partial charge in [-0.3, -0.25) is 4.79 Å². The molecule has 1 amide bonds. The van der Waals surface area contributed by atoms with Crippen molar-refractivity contribution in [1.29, 1.82) is 0 Å². The number of azo groups is 1. The Bertz CT molecular complexity index is 1050. The lowest BCUT2D eigenvalue weighted by Crippen LogP contribution is -2.09. The molecular formula is C19H17Cl2N3O3. The van der Waals surface area contributed by atoms with Crippen LogP contribution < -0.4 is 4.74 Å². The fourth-order valence-electron chi connectivity index (χ4n) is 2.96. The number of nitrogens with zero attached hydrogens (tertiary/aromatic N) is 2. The van der Waals surface area contributed by atoms with Gasteiger partial charge in [0.2, 0.25) is 5.88 Å². The smallest absolute Gasteiger partial charge is 0.302 e. The van der Waals surface area contributed by atoms with E-state index in [1.807, 2.05) is 32.9 Å². The zero-order chi connectivity index (χ0) is 19.7. The van der Waals surface area contributed by atoms with E-state index in [2.05, 4.69) is 15.2 Å². The highest BCUT2D eigenvalue weighted by Gasteiger charge is 2.15. The Morgan fingerprint density at radius 2 is 1.81 bits per heavy atom. The van der Waals surface area contributed by atoms with E-state index in [1.54, 1.807) is 6.07 Å². The van der Waals surface area contributed by atoms with Crippen molar-refractivity contribution in [2.24, 2.45) is 10.2 Å². The molecule has 0 radical (unpaired) electrons. The first-order valence-corrected chi connectivity index (χ1v) is 8.86. The number of aromatic amines is 1. The van der Waals surface area contributed by atoms with Gasteiger partial charge in [0, 0.05) is 10.4 Å². The fraction of sp³-hybridized carbons (Fsp3) is 0.211. The molecule has 0 spiro atoms. The van der Waals surface area contributed by atoms with Gasteiger partial charge in [0.1, 0.15) is 5.75 Å². The first kappa shape index (κ1) is 19.2. The molecule has 0 aliphatic carbocycles. The van der Waals surface area contributed by atoms with Crippen LogP contribution in [0.3, 0.4) is 0 Å². The lowest BCUT2D eigenvalue weighted by molar-refractivity contribution is -0.120. The monoisotopic (exact) mass is 405 g/mol. The number of aromatic nitrogens is 1. The average Bonchev–Trinajstić information content (AvgIpc) is 2.88. The van der Waals surface area contributed by atoms with Gasteiger partial charge in [-0.1, -0.05) is 40.9 Å². The van der Waals surface area contributed by atoms with Gasteiger partial charge in [0.25, 0.3) is 0 Å². The molecule has 0 fully saturated rings. The van der Waals surface area contributed by atoms with Crippen LogP contribution >= 0.6 is 23.2 Å². The maximum atomic E-state index is 12.1. The summed E-state index contributed by atoms with van der Waals surface area (Å²) >= 11 is 12.1. The molecule has 140 valence electrons. The van der Waals surface area contributed by atoms with Crippen LogP contribution in [0.2, 0.25) is 10.0 Å². The van der Waals surface area contributed by atoms with Gasteiger partial charge in [-0.25, -0.2) is 0 Å². The normalized spacial score (nSPS) is 11.4. The zero-order valence-electron chi connectivity index (χ0n) is 14.9. The Hall–Kier alpha value is -2.57. The van der Waals surface area contributed by atoms with Crippen molar-refractivity contribution in [2.75, 3.05) is 6.61 Å². The van der Waals surface area contributed by atoms with Crippen LogP contribution in [0.1, 0.15) is 16.7 Å². The number of aryl methyl sites for hydroxylation is 3. The van der Waals surface area contributed by atoms with E-state index in [0.29, 0.717) is 26.7 Å². The number of benzene rings is 2. The molecule has 2 N–H and O–H groups in total. The second-order valence-electron chi connectivity index (χ2n) is 6.24. The summed E-state index contributed by atoms with van der Waals surface area (Å²) in [4.78, 5) is 14.7. The molecule has 0 aliphatic rings. The van der Waals surface area contributed by atoms with Gasteiger partial charge in [-0.05, 0) is 44.0 Å². The average molecular weight is 406 g/mol. The Kier molecular flexibility index (Phi) is 5.39. The van der Waals surface area contributed by atoms with Gasteiger partial charge in [-0.15, -0.1) is 10.2 Å². The molecule has 8 heteroatoms. The number of carbonyl (C=O) groups excluding carboxylic acids is 1. The predicted molar refractivity (Wildman–Crippen MR) is 106 cm³/mol. The standard InChI is InChI=1S/C19H17Cl2N3O3/c1-9-4-10(2)18(11(3)5-9)27-8-15(25)23-24-17-13-6-12(20)7-14(21)16(13)22-19(17)26/h4-7,22,26H,8H2,1-3H3. The maximum absolute atomic E-state index is 12.1. The van der Waals surface area contributed by atoms with E-state index in [-0.39, 0.29) is 18.2 Å². The van der Waals surface area contributed by atoms with Crippen molar-refractivity contribution in [3.8, 4) is 11.6 Å². The molecule has 3 rings (SSSR count). The first-order valence-electron chi connectivity index (χ1n) is 8.11. The number of hydrogen-bond acceptors (Lipinski definition) is 4. The maximum Gasteiger partial charge on any atom is 0.302 e. The highest BCUT2D eigenvalue weighted by molar-refractivity contribution is 6.38. The van der Waals surface area contributed by atoms with Crippen molar-refractivity contribution in [1.82, 2.24) is 4.98 Å². The second kappa shape index (κ2) is 7.58. The van der Waals surface area contributed by atoms with Crippen molar-refractivity contribution >= 4 is 45.7 Å². The highest BCUT2D eigenvalue weighted by atomic mass is 35.5. The molecule has 1 aromatic heterocycles. The summed E-state index contributed by atoms with van der Waals surface area (Å²) in [6, 6.07) is 7.07. The van der Waals surface area contributed by atoms with Crippen LogP contribution in [0, 0.1) is 20.8 Å². The second-order valence-corrected chi connectivity index (χ2v) is 7.09. The summed E-state index contributed by atoms with van der Waals surface area (Å²) in [6.07, 6.45) is 0. The number of nitrogens with one attached hydrogen (secondary N) is 1. The number of carbonyl (C=O) groups is 1. The molecule has 6 nitrogen and oxygen atoms in total. The Morgan fingerprint density at radius 3 is 2.48 bits per heavy atom. The largest absolute Gasteiger partial charge is 0.493 e.